The molecule has 0 amide bonds. The van der Waals surface area contributed by atoms with Crippen molar-refractivity contribution in [2.75, 3.05) is 5.75 Å². The maximum Gasteiger partial charge on any atom is 0.389 e. The van der Waals surface area contributed by atoms with E-state index in [2.05, 4.69) is 14.4 Å². The van der Waals surface area contributed by atoms with Crippen molar-refractivity contribution in [3.8, 4) is 0 Å². The van der Waals surface area contributed by atoms with Gasteiger partial charge in [0.15, 0.2) is 5.65 Å². The Hall–Kier alpha value is -2.50. The van der Waals surface area contributed by atoms with Gasteiger partial charge in [-0.05, 0) is 37.2 Å². The van der Waals surface area contributed by atoms with E-state index in [9.17, 15) is 21.6 Å². The summed E-state index contributed by atoms with van der Waals surface area (Å²) in [5.74, 6) is -0.796. The first-order valence-corrected chi connectivity index (χ1v) is 11.1. The number of alkyl halides is 3. The molecule has 1 fully saturated rings. The number of fused-ring (bicyclic) bond motifs is 1. The van der Waals surface area contributed by atoms with Crippen molar-refractivity contribution in [1.82, 2.24) is 14.5 Å². The van der Waals surface area contributed by atoms with Gasteiger partial charge in [-0.25, -0.2) is 13.4 Å². The lowest BCUT2D eigenvalue weighted by Crippen LogP contribution is -2.33. The summed E-state index contributed by atoms with van der Waals surface area (Å²) in [5, 5.41) is 16.8. The van der Waals surface area contributed by atoms with Crippen LogP contribution in [0.5, 0.6) is 0 Å². The number of H-pyrrole nitrogens is 1. The summed E-state index contributed by atoms with van der Waals surface area (Å²) in [6, 6.07) is 1.74. The van der Waals surface area contributed by atoms with E-state index in [1.807, 2.05) is 6.92 Å². The van der Waals surface area contributed by atoms with Crippen molar-refractivity contribution in [2.24, 2.45) is 22.2 Å². The Balaban J connectivity index is 1.69. The SMILES string of the molecule is C[C@@H]1CC(/C=N/S(=O)(=O)CCCC(F)(F)F)C[C@@H]1C(=N)n1c(=N)cnc2[nH]ccc21. The van der Waals surface area contributed by atoms with Crippen LogP contribution in [0.1, 0.15) is 32.6 Å². The van der Waals surface area contributed by atoms with Crippen LogP contribution in [0.15, 0.2) is 22.9 Å². The predicted molar refractivity (Wildman–Crippen MR) is 106 cm³/mol. The van der Waals surface area contributed by atoms with Gasteiger partial charge in [-0.3, -0.25) is 15.4 Å². The van der Waals surface area contributed by atoms with Gasteiger partial charge in [0.1, 0.15) is 11.3 Å². The van der Waals surface area contributed by atoms with E-state index in [0.29, 0.717) is 24.0 Å². The van der Waals surface area contributed by atoms with Crippen LogP contribution in [-0.2, 0) is 10.0 Å². The Morgan fingerprint density at radius 2 is 2.17 bits per heavy atom. The Kier molecular flexibility index (Phi) is 6.16. The first-order chi connectivity index (χ1) is 14.0. The number of nitrogens with one attached hydrogen (secondary N) is 3. The zero-order valence-corrected chi connectivity index (χ0v) is 17.1. The molecule has 3 N–H and O–H groups in total. The normalized spacial score (nSPS) is 22.9. The molecule has 12 heteroatoms. The number of halogens is 3. The molecule has 30 heavy (non-hydrogen) atoms. The number of aromatic amines is 1. The zero-order chi connectivity index (χ0) is 22.1. The fourth-order valence-corrected chi connectivity index (χ4v) is 4.83. The summed E-state index contributed by atoms with van der Waals surface area (Å²) in [6.07, 6.45) is -0.663. The van der Waals surface area contributed by atoms with Crippen LogP contribution in [-0.4, -0.2) is 46.9 Å². The fraction of sp³-hybridized carbons (Fsp3) is 0.556. The summed E-state index contributed by atoms with van der Waals surface area (Å²) < 4.78 is 65.5. The average molecular weight is 444 g/mol. The number of hydrogen-bond donors (Lipinski definition) is 3. The molecule has 0 aromatic carbocycles. The van der Waals surface area contributed by atoms with Crippen LogP contribution >= 0.6 is 0 Å². The van der Waals surface area contributed by atoms with Crippen LogP contribution in [0.25, 0.3) is 11.2 Å². The first kappa shape index (κ1) is 22.2. The van der Waals surface area contributed by atoms with Crippen molar-refractivity contribution < 1.29 is 21.6 Å². The summed E-state index contributed by atoms with van der Waals surface area (Å²) in [7, 11) is -3.96. The minimum Gasteiger partial charge on any atom is -0.345 e. The topological polar surface area (TPSA) is 128 Å². The average Bonchev–Trinajstić information content (AvgIpc) is 3.24. The molecule has 1 saturated carbocycles. The molecule has 1 aliphatic carbocycles. The summed E-state index contributed by atoms with van der Waals surface area (Å²) in [5.41, 5.74) is 1.25. The van der Waals surface area contributed by atoms with E-state index in [0.717, 1.165) is 0 Å². The fourth-order valence-electron chi connectivity index (χ4n) is 3.86. The molecule has 2 aromatic rings. The highest BCUT2D eigenvalue weighted by atomic mass is 32.2. The second-order valence-corrected chi connectivity index (χ2v) is 9.43. The van der Waals surface area contributed by atoms with Gasteiger partial charge in [0.2, 0.25) is 0 Å². The number of rotatable bonds is 6. The lowest BCUT2D eigenvalue weighted by atomic mass is 9.96. The second-order valence-electron chi connectivity index (χ2n) is 7.65. The van der Waals surface area contributed by atoms with Gasteiger partial charge in [0.25, 0.3) is 10.0 Å². The maximum absolute atomic E-state index is 12.2. The Labute approximate surface area is 171 Å². The van der Waals surface area contributed by atoms with E-state index >= 15 is 0 Å². The van der Waals surface area contributed by atoms with E-state index < -0.39 is 34.8 Å². The van der Waals surface area contributed by atoms with Crippen LogP contribution in [0.2, 0.25) is 0 Å². The first-order valence-electron chi connectivity index (χ1n) is 9.50. The molecule has 164 valence electrons. The molecule has 0 aliphatic heterocycles. The quantitative estimate of drug-likeness (QED) is 0.468. The maximum atomic E-state index is 12.2. The third-order valence-corrected chi connectivity index (χ3v) is 6.55. The highest BCUT2D eigenvalue weighted by molar-refractivity contribution is 7.90. The molecular formula is C18H23F3N6O2S. The molecule has 0 bridgehead atoms. The lowest BCUT2D eigenvalue weighted by molar-refractivity contribution is -0.134. The third-order valence-electron chi connectivity index (χ3n) is 5.31. The van der Waals surface area contributed by atoms with Crippen molar-refractivity contribution in [1.29, 1.82) is 10.8 Å². The zero-order valence-electron chi connectivity index (χ0n) is 16.3. The molecule has 2 heterocycles. The molecule has 0 radical (unpaired) electrons. The van der Waals surface area contributed by atoms with Crippen LogP contribution < -0.4 is 5.49 Å². The minimum atomic E-state index is -4.39. The molecule has 0 saturated heterocycles. The van der Waals surface area contributed by atoms with Crippen molar-refractivity contribution in [3.63, 3.8) is 0 Å². The smallest absolute Gasteiger partial charge is 0.345 e. The highest BCUT2D eigenvalue weighted by Gasteiger charge is 2.35. The number of aromatic nitrogens is 3. The highest BCUT2D eigenvalue weighted by Crippen LogP contribution is 2.36. The molecule has 0 spiro atoms. The third kappa shape index (κ3) is 5.15. The monoisotopic (exact) mass is 444 g/mol. The van der Waals surface area contributed by atoms with Crippen molar-refractivity contribution >= 4 is 33.2 Å². The number of sulfonamides is 1. The molecule has 3 rings (SSSR count). The van der Waals surface area contributed by atoms with Crippen molar-refractivity contribution in [3.05, 3.63) is 23.9 Å². The molecule has 8 nitrogen and oxygen atoms in total. The van der Waals surface area contributed by atoms with E-state index in [-0.39, 0.29) is 29.1 Å². The molecule has 1 unspecified atom stereocenters. The lowest BCUT2D eigenvalue weighted by Gasteiger charge is -2.19. The Morgan fingerprint density at radius 1 is 1.43 bits per heavy atom. The van der Waals surface area contributed by atoms with Crippen LogP contribution in [0.3, 0.4) is 0 Å². The van der Waals surface area contributed by atoms with Crippen LogP contribution in [0, 0.1) is 28.6 Å². The molecule has 2 aromatic heterocycles. The van der Waals surface area contributed by atoms with Gasteiger partial charge in [0.05, 0.1) is 17.5 Å². The van der Waals surface area contributed by atoms with E-state index in [1.54, 1.807) is 12.3 Å². The summed E-state index contributed by atoms with van der Waals surface area (Å²) in [4.78, 5) is 7.07. The summed E-state index contributed by atoms with van der Waals surface area (Å²) in [6.45, 7) is 1.95. The number of hydrogen-bond acceptors (Lipinski definition) is 5. The van der Waals surface area contributed by atoms with Crippen molar-refractivity contribution in [2.45, 2.75) is 38.8 Å². The van der Waals surface area contributed by atoms with Gasteiger partial charge in [-0.1, -0.05) is 6.92 Å². The van der Waals surface area contributed by atoms with Gasteiger partial charge in [-0.2, -0.15) is 17.6 Å². The molecule has 1 aliphatic rings. The predicted octanol–water partition coefficient (Wildman–Crippen LogP) is 3.07. The summed E-state index contributed by atoms with van der Waals surface area (Å²) >= 11 is 0. The number of nitrogens with zero attached hydrogens (tertiary/aromatic N) is 3. The van der Waals surface area contributed by atoms with E-state index in [1.165, 1.54) is 17.0 Å². The Morgan fingerprint density at radius 3 is 2.87 bits per heavy atom. The largest absolute Gasteiger partial charge is 0.389 e. The van der Waals surface area contributed by atoms with Gasteiger partial charge >= 0.3 is 6.18 Å². The Bertz CT molecular complexity index is 1120. The van der Waals surface area contributed by atoms with E-state index in [4.69, 9.17) is 10.8 Å². The van der Waals surface area contributed by atoms with Crippen LogP contribution in [0.4, 0.5) is 13.2 Å². The van der Waals surface area contributed by atoms with Gasteiger partial charge in [-0.15, -0.1) is 0 Å². The minimum absolute atomic E-state index is 0.0518. The molecule has 3 atom stereocenters. The second kappa shape index (κ2) is 8.32. The van der Waals surface area contributed by atoms with Gasteiger partial charge < -0.3 is 4.98 Å². The molecular weight excluding hydrogens is 421 g/mol. The van der Waals surface area contributed by atoms with Gasteiger partial charge in [0, 0.05) is 24.8 Å². The standard InChI is InChI=1S/C18H23F3N6O2S/c1-11-7-12(9-26-30(28,29)6-2-4-18(19,20)21)8-13(11)16(23)27-14-3-5-24-17(14)25-10-15(27)22/h3,5,9-13,22-24H,2,4,6-8H2,1H3/b22-15?,23-16?,26-9+/t11-,12?,13+/m1/s1.